The van der Waals surface area contributed by atoms with Crippen molar-refractivity contribution in [3.05, 3.63) is 23.7 Å². The van der Waals surface area contributed by atoms with Crippen LogP contribution in [-0.2, 0) is 0 Å². The summed E-state index contributed by atoms with van der Waals surface area (Å²) in [6.07, 6.45) is 2.83. The van der Waals surface area contributed by atoms with Crippen molar-refractivity contribution in [3.63, 3.8) is 0 Å². The first-order valence-electron chi connectivity index (χ1n) is 6.96. The van der Waals surface area contributed by atoms with Crippen molar-refractivity contribution >= 4 is 11.9 Å². The smallest absolute Gasteiger partial charge is 0.371 e. The van der Waals surface area contributed by atoms with Crippen LogP contribution in [0, 0.1) is 0 Å². The fourth-order valence-corrected chi connectivity index (χ4v) is 1.63. The number of furan rings is 1. The first kappa shape index (κ1) is 21.1. The summed E-state index contributed by atoms with van der Waals surface area (Å²) in [5.74, 6) is -3.31. The van der Waals surface area contributed by atoms with Crippen LogP contribution in [-0.4, -0.2) is 68.0 Å². The number of hydrogen-bond acceptors (Lipinski definition) is 7. The van der Waals surface area contributed by atoms with Crippen molar-refractivity contribution in [2.45, 2.75) is 37.9 Å². The largest absolute Gasteiger partial charge is 0.475 e. The van der Waals surface area contributed by atoms with Crippen molar-refractivity contribution in [1.29, 1.82) is 0 Å². The van der Waals surface area contributed by atoms with Crippen LogP contribution >= 0.6 is 0 Å². The Labute approximate surface area is 132 Å². The van der Waals surface area contributed by atoms with Gasteiger partial charge in [0.05, 0.1) is 25.4 Å². The standard InChI is InChI=1S/C6H4O5.C6H12O2.C2H6O2/c7-5(8)3-1-2-4(11-3)6(9)10;7-5-1-2-6(8)4-3-5;3-1-2-4/h1-2H,(H,7,8)(H,9,10);5-8H,1-4H2;3-4H,1-2H2. The van der Waals surface area contributed by atoms with Crippen LogP contribution in [0.2, 0.25) is 0 Å². The van der Waals surface area contributed by atoms with Gasteiger partial charge < -0.3 is 35.1 Å². The van der Waals surface area contributed by atoms with Gasteiger partial charge in [-0.2, -0.15) is 0 Å². The van der Waals surface area contributed by atoms with E-state index in [4.69, 9.17) is 30.6 Å². The van der Waals surface area contributed by atoms with E-state index in [2.05, 4.69) is 4.42 Å². The van der Waals surface area contributed by atoms with Crippen molar-refractivity contribution in [1.82, 2.24) is 0 Å². The summed E-state index contributed by atoms with van der Waals surface area (Å²) >= 11 is 0. The Balaban J connectivity index is 0.000000354. The van der Waals surface area contributed by atoms with Gasteiger partial charge in [0.1, 0.15) is 0 Å². The van der Waals surface area contributed by atoms with Crippen LogP contribution in [0.3, 0.4) is 0 Å². The van der Waals surface area contributed by atoms with Crippen molar-refractivity contribution in [3.8, 4) is 0 Å². The maximum absolute atomic E-state index is 10.2. The molecule has 0 aromatic carbocycles. The molecule has 0 spiro atoms. The molecule has 1 fully saturated rings. The Kier molecular flexibility index (Phi) is 10.6. The second kappa shape index (κ2) is 11.6. The summed E-state index contributed by atoms with van der Waals surface area (Å²) in [6, 6.07) is 2.18. The van der Waals surface area contributed by atoms with Crippen molar-refractivity contribution < 1.29 is 44.6 Å². The van der Waals surface area contributed by atoms with Crippen LogP contribution in [0.5, 0.6) is 0 Å². The molecule has 23 heavy (non-hydrogen) atoms. The van der Waals surface area contributed by atoms with Gasteiger partial charge in [0.25, 0.3) is 0 Å². The SMILES string of the molecule is O=C(O)c1ccc(C(=O)O)o1.OC1CCC(O)CC1.OCCO. The fraction of sp³-hybridized carbons (Fsp3) is 0.571. The molecule has 1 heterocycles. The van der Waals surface area contributed by atoms with Gasteiger partial charge in [-0.15, -0.1) is 0 Å². The number of hydrogen-bond donors (Lipinski definition) is 6. The highest BCUT2D eigenvalue weighted by Crippen LogP contribution is 2.17. The zero-order valence-electron chi connectivity index (χ0n) is 12.5. The maximum atomic E-state index is 10.2. The van der Waals surface area contributed by atoms with Crippen LogP contribution in [0.15, 0.2) is 16.5 Å². The molecule has 1 aliphatic carbocycles. The zero-order valence-corrected chi connectivity index (χ0v) is 12.5. The van der Waals surface area contributed by atoms with E-state index in [0.717, 1.165) is 37.8 Å². The van der Waals surface area contributed by atoms with E-state index in [1.54, 1.807) is 0 Å². The summed E-state index contributed by atoms with van der Waals surface area (Å²) in [6.45, 7) is -0.250. The third kappa shape index (κ3) is 9.63. The predicted molar refractivity (Wildman–Crippen MR) is 77.3 cm³/mol. The Morgan fingerprint density at radius 2 is 1.17 bits per heavy atom. The highest BCUT2D eigenvalue weighted by atomic mass is 16.4. The Morgan fingerprint density at radius 1 is 0.870 bits per heavy atom. The van der Waals surface area contributed by atoms with Gasteiger partial charge in [-0.05, 0) is 37.8 Å². The predicted octanol–water partition coefficient (Wildman–Crippen LogP) is -0.0708. The van der Waals surface area contributed by atoms with Gasteiger partial charge in [-0.1, -0.05) is 0 Å². The van der Waals surface area contributed by atoms with E-state index < -0.39 is 11.9 Å². The molecule has 0 bridgehead atoms. The van der Waals surface area contributed by atoms with Gasteiger partial charge in [0.15, 0.2) is 0 Å². The van der Waals surface area contributed by atoms with E-state index in [-0.39, 0.29) is 36.9 Å². The van der Waals surface area contributed by atoms with E-state index in [1.807, 2.05) is 0 Å². The van der Waals surface area contributed by atoms with E-state index in [0.29, 0.717) is 0 Å². The van der Waals surface area contributed by atoms with E-state index in [9.17, 15) is 9.59 Å². The number of carbonyl (C=O) groups is 2. The van der Waals surface area contributed by atoms with Gasteiger partial charge >= 0.3 is 11.9 Å². The molecular weight excluding hydrogens is 312 g/mol. The molecule has 132 valence electrons. The average molecular weight is 334 g/mol. The number of rotatable bonds is 3. The summed E-state index contributed by atoms with van der Waals surface area (Å²) in [5.41, 5.74) is 0. The number of aliphatic hydroxyl groups is 4. The van der Waals surface area contributed by atoms with E-state index >= 15 is 0 Å². The molecule has 1 aromatic rings. The van der Waals surface area contributed by atoms with E-state index in [1.165, 1.54) is 0 Å². The first-order chi connectivity index (χ1) is 10.8. The highest BCUT2D eigenvalue weighted by Gasteiger charge is 2.16. The van der Waals surface area contributed by atoms with Crippen LogP contribution < -0.4 is 0 Å². The summed E-state index contributed by atoms with van der Waals surface area (Å²) < 4.78 is 4.41. The quantitative estimate of drug-likeness (QED) is 0.443. The minimum absolute atomic E-state index is 0.125. The molecule has 0 amide bonds. The monoisotopic (exact) mass is 334 g/mol. The minimum Gasteiger partial charge on any atom is -0.475 e. The Bertz CT molecular complexity index is 420. The lowest BCUT2D eigenvalue weighted by Gasteiger charge is -2.20. The molecule has 0 atom stereocenters. The normalized spacial score (nSPS) is 19.7. The molecular formula is C14H22O9. The number of aromatic carboxylic acids is 2. The third-order valence-electron chi connectivity index (χ3n) is 2.79. The van der Waals surface area contributed by atoms with Crippen LogP contribution in [0.1, 0.15) is 46.8 Å². The molecule has 1 aromatic heterocycles. The molecule has 0 radical (unpaired) electrons. The highest BCUT2D eigenvalue weighted by molar-refractivity contribution is 5.88. The van der Waals surface area contributed by atoms with Crippen molar-refractivity contribution in [2.75, 3.05) is 13.2 Å². The van der Waals surface area contributed by atoms with Crippen LogP contribution in [0.4, 0.5) is 0 Å². The summed E-state index contributed by atoms with van der Waals surface area (Å²) in [4.78, 5) is 20.3. The zero-order chi connectivity index (χ0) is 17.8. The minimum atomic E-state index is -1.28. The lowest BCUT2D eigenvalue weighted by molar-refractivity contribution is 0.0541. The van der Waals surface area contributed by atoms with Gasteiger partial charge in [0, 0.05) is 0 Å². The van der Waals surface area contributed by atoms with Crippen LogP contribution in [0.25, 0.3) is 0 Å². The molecule has 9 heteroatoms. The van der Waals surface area contributed by atoms with Gasteiger partial charge in [-0.3, -0.25) is 0 Å². The molecule has 0 saturated heterocycles. The second-order valence-corrected chi connectivity index (χ2v) is 4.68. The molecule has 1 saturated carbocycles. The molecule has 2 rings (SSSR count). The molecule has 0 unspecified atom stereocenters. The molecule has 0 aliphatic heterocycles. The number of carboxylic acid groups (broad SMARTS) is 2. The maximum Gasteiger partial charge on any atom is 0.371 e. The first-order valence-corrected chi connectivity index (χ1v) is 6.96. The van der Waals surface area contributed by atoms with Crippen molar-refractivity contribution in [2.24, 2.45) is 0 Å². The molecule has 1 aliphatic rings. The fourth-order valence-electron chi connectivity index (χ4n) is 1.63. The molecule has 6 N–H and O–H groups in total. The Hall–Kier alpha value is -1.94. The summed E-state index contributed by atoms with van der Waals surface area (Å²) in [5, 5.41) is 49.7. The topological polar surface area (TPSA) is 169 Å². The lowest BCUT2D eigenvalue weighted by atomic mass is 9.95. The van der Waals surface area contributed by atoms with Gasteiger partial charge in [0.2, 0.25) is 11.5 Å². The summed E-state index contributed by atoms with van der Waals surface area (Å²) in [7, 11) is 0. The molecule has 9 nitrogen and oxygen atoms in total. The lowest BCUT2D eigenvalue weighted by Crippen LogP contribution is -2.21. The Morgan fingerprint density at radius 3 is 1.35 bits per heavy atom. The third-order valence-corrected chi connectivity index (χ3v) is 2.79. The second-order valence-electron chi connectivity index (χ2n) is 4.68. The van der Waals surface area contributed by atoms with Gasteiger partial charge in [-0.25, -0.2) is 9.59 Å². The average Bonchev–Trinajstić information content (AvgIpc) is 3.02. The number of aliphatic hydroxyl groups excluding tert-OH is 4. The number of carboxylic acids is 2.